The molecule has 1 saturated heterocycles. The third-order valence-electron chi connectivity index (χ3n) is 2.77. The maximum absolute atomic E-state index is 11.6. The van der Waals surface area contributed by atoms with Gasteiger partial charge in [-0.25, -0.2) is 0 Å². The summed E-state index contributed by atoms with van der Waals surface area (Å²) in [5, 5.41) is 0. The molecule has 0 amide bonds. The number of hydrogen-bond donors (Lipinski definition) is 1. The van der Waals surface area contributed by atoms with Crippen molar-refractivity contribution in [3.63, 3.8) is 0 Å². The van der Waals surface area contributed by atoms with Crippen LogP contribution in [0, 0.1) is 0 Å². The van der Waals surface area contributed by atoms with Crippen molar-refractivity contribution < 1.29 is 8.42 Å². The lowest BCUT2D eigenvalue weighted by Gasteiger charge is -2.07. The van der Waals surface area contributed by atoms with E-state index in [-0.39, 0.29) is 0 Å². The first-order valence-corrected chi connectivity index (χ1v) is 7.38. The van der Waals surface area contributed by atoms with Gasteiger partial charge in [-0.3, -0.25) is 0 Å². The van der Waals surface area contributed by atoms with Crippen LogP contribution < -0.4 is 4.72 Å². The van der Waals surface area contributed by atoms with Crippen LogP contribution in [-0.2, 0) is 23.2 Å². The summed E-state index contributed by atoms with van der Waals surface area (Å²) >= 11 is 0. The highest BCUT2D eigenvalue weighted by molar-refractivity contribution is 7.87. The molecule has 1 aromatic carbocycles. The van der Waals surface area contributed by atoms with Gasteiger partial charge in [0.15, 0.2) is 0 Å². The molecule has 0 radical (unpaired) electrons. The van der Waals surface area contributed by atoms with Gasteiger partial charge in [0.1, 0.15) is 0 Å². The molecule has 4 nitrogen and oxygen atoms in total. The summed E-state index contributed by atoms with van der Waals surface area (Å²) in [4.78, 5) is 0. The molecular formula is C12H18N2O2S. The highest BCUT2D eigenvalue weighted by Gasteiger charge is 2.31. The highest BCUT2D eigenvalue weighted by Crippen LogP contribution is 2.11. The molecule has 2 rings (SSSR count). The van der Waals surface area contributed by atoms with Crippen LogP contribution in [0.15, 0.2) is 24.3 Å². The molecule has 5 heteroatoms. The lowest BCUT2D eigenvalue weighted by atomic mass is 10.1. The average Bonchev–Trinajstić information content (AvgIpc) is 3.13. The quantitative estimate of drug-likeness (QED) is 0.778. The van der Waals surface area contributed by atoms with E-state index in [4.69, 9.17) is 0 Å². The normalized spacial score (nSPS) is 16.1. The summed E-state index contributed by atoms with van der Waals surface area (Å²) in [6, 6.07) is 8.08. The summed E-state index contributed by atoms with van der Waals surface area (Å²) < 4.78 is 27.1. The Balaban J connectivity index is 1.90. The first-order chi connectivity index (χ1) is 8.12. The summed E-state index contributed by atoms with van der Waals surface area (Å²) in [7, 11) is -3.22. The Hall–Kier alpha value is -0.910. The number of benzene rings is 1. The van der Waals surface area contributed by atoms with E-state index in [0.717, 1.165) is 18.4 Å². The zero-order chi connectivity index (χ0) is 12.3. The molecule has 0 atom stereocenters. The Morgan fingerprint density at radius 2 is 1.76 bits per heavy atom. The van der Waals surface area contributed by atoms with Crippen LogP contribution in [0.4, 0.5) is 0 Å². The van der Waals surface area contributed by atoms with Gasteiger partial charge >= 0.3 is 0 Å². The first-order valence-electron chi connectivity index (χ1n) is 5.94. The molecule has 94 valence electrons. The molecule has 0 aliphatic carbocycles. The Bertz CT molecular complexity index is 464. The lowest BCUT2D eigenvalue weighted by Crippen LogP contribution is -2.29. The molecular weight excluding hydrogens is 236 g/mol. The van der Waals surface area contributed by atoms with Crippen molar-refractivity contribution in [3.8, 4) is 0 Å². The topological polar surface area (TPSA) is 49.2 Å². The highest BCUT2D eigenvalue weighted by atomic mass is 32.2. The Kier molecular flexibility index (Phi) is 3.81. The van der Waals surface area contributed by atoms with Gasteiger partial charge in [-0.2, -0.15) is 17.4 Å². The third-order valence-corrected chi connectivity index (χ3v) is 4.32. The lowest BCUT2D eigenvalue weighted by molar-refractivity contribution is 0.546. The van der Waals surface area contributed by atoms with Gasteiger partial charge in [0.2, 0.25) is 0 Å². The van der Waals surface area contributed by atoms with Gasteiger partial charge in [0.25, 0.3) is 10.2 Å². The summed E-state index contributed by atoms with van der Waals surface area (Å²) in [6.07, 6.45) is 2.20. The van der Waals surface area contributed by atoms with E-state index in [1.54, 1.807) is 0 Å². The van der Waals surface area contributed by atoms with Crippen molar-refractivity contribution in [2.24, 2.45) is 0 Å². The minimum atomic E-state index is -3.22. The predicted molar refractivity (Wildman–Crippen MR) is 67.8 cm³/mol. The van der Waals surface area contributed by atoms with Crippen LogP contribution in [0.3, 0.4) is 0 Å². The van der Waals surface area contributed by atoms with Gasteiger partial charge in [0.05, 0.1) is 0 Å². The summed E-state index contributed by atoms with van der Waals surface area (Å²) in [5.74, 6) is 0. The van der Waals surface area contributed by atoms with Crippen LogP contribution in [0.2, 0.25) is 0 Å². The fourth-order valence-corrected chi connectivity index (χ4v) is 2.75. The molecule has 0 spiro atoms. The molecule has 17 heavy (non-hydrogen) atoms. The van der Waals surface area contributed by atoms with Crippen molar-refractivity contribution >= 4 is 10.2 Å². The molecule has 1 heterocycles. The second-order valence-corrected chi connectivity index (χ2v) is 6.05. The maximum atomic E-state index is 11.6. The van der Waals surface area contributed by atoms with Gasteiger partial charge < -0.3 is 0 Å². The number of hydrogen-bond acceptors (Lipinski definition) is 2. The zero-order valence-electron chi connectivity index (χ0n) is 10.0. The van der Waals surface area contributed by atoms with Crippen molar-refractivity contribution in [1.29, 1.82) is 0 Å². The molecule has 1 aromatic rings. The zero-order valence-corrected chi connectivity index (χ0v) is 10.8. The van der Waals surface area contributed by atoms with Crippen molar-refractivity contribution in [2.45, 2.75) is 26.3 Å². The SMILES string of the molecule is CCCc1ccc(CNS(=O)(=O)N2CC2)cc1. The third kappa shape index (κ3) is 3.52. The predicted octanol–water partition coefficient (Wildman–Crippen LogP) is 1.29. The van der Waals surface area contributed by atoms with E-state index in [0.29, 0.717) is 19.6 Å². The van der Waals surface area contributed by atoms with Crippen LogP contribution >= 0.6 is 0 Å². The Morgan fingerprint density at radius 3 is 2.29 bits per heavy atom. The van der Waals surface area contributed by atoms with Crippen molar-refractivity contribution in [1.82, 2.24) is 9.03 Å². The molecule has 1 N–H and O–H groups in total. The number of nitrogens with zero attached hydrogens (tertiary/aromatic N) is 1. The molecule has 0 bridgehead atoms. The van der Waals surface area contributed by atoms with E-state index >= 15 is 0 Å². The number of aryl methyl sites for hydroxylation is 1. The minimum Gasteiger partial charge on any atom is -0.198 e. The maximum Gasteiger partial charge on any atom is 0.279 e. The van der Waals surface area contributed by atoms with Crippen LogP contribution in [0.5, 0.6) is 0 Å². The van der Waals surface area contributed by atoms with Crippen LogP contribution in [0.25, 0.3) is 0 Å². The van der Waals surface area contributed by atoms with Crippen LogP contribution in [0.1, 0.15) is 24.5 Å². The van der Waals surface area contributed by atoms with Crippen LogP contribution in [-0.4, -0.2) is 25.8 Å². The van der Waals surface area contributed by atoms with E-state index in [9.17, 15) is 8.42 Å². The largest absolute Gasteiger partial charge is 0.279 e. The standard InChI is InChI=1S/C12H18N2O2S/c1-2-3-11-4-6-12(7-5-11)10-13-17(15,16)14-8-9-14/h4-7,13H,2-3,8-10H2,1H3. The fourth-order valence-electron chi connectivity index (χ4n) is 1.66. The van der Waals surface area contributed by atoms with Gasteiger partial charge in [-0.15, -0.1) is 0 Å². The smallest absolute Gasteiger partial charge is 0.198 e. The Morgan fingerprint density at radius 1 is 1.18 bits per heavy atom. The second-order valence-electron chi connectivity index (χ2n) is 4.29. The average molecular weight is 254 g/mol. The van der Waals surface area contributed by atoms with E-state index in [1.807, 2.05) is 12.1 Å². The minimum absolute atomic E-state index is 0.366. The summed E-state index contributed by atoms with van der Waals surface area (Å²) in [5.41, 5.74) is 2.29. The molecule has 0 unspecified atom stereocenters. The number of rotatable bonds is 6. The molecule has 0 aromatic heterocycles. The molecule has 1 fully saturated rings. The first kappa shape index (κ1) is 12.5. The van der Waals surface area contributed by atoms with Gasteiger partial charge in [0, 0.05) is 19.6 Å². The van der Waals surface area contributed by atoms with Gasteiger partial charge in [-0.1, -0.05) is 37.6 Å². The molecule has 0 saturated carbocycles. The second kappa shape index (κ2) is 5.16. The van der Waals surface area contributed by atoms with E-state index in [2.05, 4.69) is 23.8 Å². The molecule has 1 aliphatic rings. The Labute approximate surface area is 103 Å². The monoisotopic (exact) mass is 254 g/mol. The number of nitrogens with one attached hydrogen (secondary N) is 1. The van der Waals surface area contributed by atoms with Gasteiger partial charge in [-0.05, 0) is 17.5 Å². The van der Waals surface area contributed by atoms with E-state index < -0.39 is 10.2 Å². The fraction of sp³-hybridized carbons (Fsp3) is 0.500. The van der Waals surface area contributed by atoms with Crippen molar-refractivity contribution in [3.05, 3.63) is 35.4 Å². The molecule has 1 aliphatic heterocycles. The summed E-state index contributed by atoms with van der Waals surface area (Å²) in [6.45, 7) is 3.80. The van der Waals surface area contributed by atoms with Crippen molar-refractivity contribution in [2.75, 3.05) is 13.1 Å². The van der Waals surface area contributed by atoms with E-state index in [1.165, 1.54) is 9.87 Å².